The van der Waals surface area contributed by atoms with Crippen LogP contribution in [0, 0.1) is 0 Å². The summed E-state index contributed by atoms with van der Waals surface area (Å²) in [4.78, 5) is 18.0. The molecule has 1 aliphatic heterocycles. The Balaban J connectivity index is 1.37. The number of rotatable bonds is 4. The second-order valence-electron chi connectivity index (χ2n) is 6.13. The first-order valence-corrected chi connectivity index (χ1v) is 8.58. The molecule has 2 aromatic heterocycles. The molecule has 3 aromatic rings. The van der Waals surface area contributed by atoms with Crippen molar-refractivity contribution in [3.05, 3.63) is 54.9 Å². The van der Waals surface area contributed by atoms with Gasteiger partial charge in [0.15, 0.2) is 6.23 Å². The van der Waals surface area contributed by atoms with Gasteiger partial charge >= 0.3 is 0 Å². The Morgan fingerprint density at radius 3 is 2.44 bits per heavy atom. The van der Waals surface area contributed by atoms with E-state index in [4.69, 9.17) is 4.74 Å². The zero-order valence-electron chi connectivity index (χ0n) is 14.2. The van der Waals surface area contributed by atoms with Crippen molar-refractivity contribution in [2.24, 2.45) is 0 Å². The van der Waals surface area contributed by atoms with Crippen molar-refractivity contribution < 1.29 is 4.74 Å². The average molecular weight is 335 g/mol. The molecule has 0 amide bonds. The number of fused-ring (bicyclic) bond motifs is 1. The Bertz CT molecular complexity index is 833. The number of ether oxygens (including phenoxy) is 1. The van der Waals surface area contributed by atoms with Crippen LogP contribution < -0.4 is 9.64 Å². The fourth-order valence-corrected chi connectivity index (χ4v) is 3.10. The highest BCUT2D eigenvalue weighted by atomic mass is 16.5. The molecule has 6 heteroatoms. The third-order valence-electron chi connectivity index (χ3n) is 4.52. The van der Waals surface area contributed by atoms with Gasteiger partial charge in [-0.05, 0) is 31.2 Å². The van der Waals surface area contributed by atoms with Crippen molar-refractivity contribution in [3.63, 3.8) is 0 Å². The van der Waals surface area contributed by atoms with Gasteiger partial charge in [0.1, 0.15) is 5.82 Å². The minimum atomic E-state index is -0.0404. The third kappa shape index (κ3) is 3.53. The lowest BCUT2D eigenvalue weighted by Gasteiger charge is -2.38. The number of pyridine rings is 1. The molecule has 4 rings (SSSR count). The number of piperazine rings is 1. The van der Waals surface area contributed by atoms with E-state index in [1.165, 1.54) is 0 Å². The molecule has 1 saturated heterocycles. The number of aromatic nitrogens is 3. The highest BCUT2D eigenvalue weighted by molar-refractivity contribution is 5.73. The van der Waals surface area contributed by atoms with E-state index in [1.54, 1.807) is 6.20 Å². The molecule has 1 atom stereocenters. The van der Waals surface area contributed by atoms with E-state index in [0.29, 0.717) is 5.88 Å². The van der Waals surface area contributed by atoms with Gasteiger partial charge < -0.3 is 9.64 Å². The monoisotopic (exact) mass is 335 g/mol. The summed E-state index contributed by atoms with van der Waals surface area (Å²) >= 11 is 0. The summed E-state index contributed by atoms with van der Waals surface area (Å²) in [6.07, 6.45) is 3.50. The second kappa shape index (κ2) is 7.03. The van der Waals surface area contributed by atoms with Crippen molar-refractivity contribution in [1.82, 2.24) is 19.9 Å². The van der Waals surface area contributed by atoms with Gasteiger partial charge in [-0.2, -0.15) is 0 Å². The number of hydrogen-bond acceptors (Lipinski definition) is 6. The molecule has 0 bridgehead atoms. The number of benzene rings is 1. The van der Waals surface area contributed by atoms with Crippen LogP contribution in [0.4, 0.5) is 5.82 Å². The van der Waals surface area contributed by atoms with Crippen LogP contribution in [0.25, 0.3) is 11.0 Å². The van der Waals surface area contributed by atoms with Crippen LogP contribution in [0.3, 0.4) is 0 Å². The summed E-state index contributed by atoms with van der Waals surface area (Å²) in [7, 11) is 0. The van der Waals surface area contributed by atoms with Crippen molar-refractivity contribution in [3.8, 4) is 5.88 Å². The maximum absolute atomic E-state index is 6.02. The molecule has 0 spiro atoms. The molecule has 6 nitrogen and oxygen atoms in total. The van der Waals surface area contributed by atoms with E-state index in [-0.39, 0.29) is 6.23 Å². The maximum atomic E-state index is 6.02. The van der Waals surface area contributed by atoms with Crippen LogP contribution >= 0.6 is 0 Å². The van der Waals surface area contributed by atoms with Gasteiger partial charge in [0, 0.05) is 32.4 Å². The maximum Gasteiger partial charge on any atom is 0.234 e. The van der Waals surface area contributed by atoms with E-state index in [1.807, 2.05) is 42.6 Å². The van der Waals surface area contributed by atoms with E-state index in [0.717, 1.165) is 43.0 Å². The summed E-state index contributed by atoms with van der Waals surface area (Å²) in [6.45, 7) is 5.80. The zero-order valence-corrected chi connectivity index (χ0v) is 14.2. The van der Waals surface area contributed by atoms with Crippen molar-refractivity contribution >= 4 is 16.9 Å². The molecule has 1 fully saturated rings. The Hall–Kier alpha value is -2.73. The van der Waals surface area contributed by atoms with Crippen LogP contribution in [0.15, 0.2) is 54.9 Å². The predicted octanol–water partition coefficient (Wildman–Crippen LogP) is 2.57. The van der Waals surface area contributed by atoms with Gasteiger partial charge in [0.2, 0.25) is 5.88 Å². The molecule has 1 unspecified atom stereocenters. The predicted molar refractivity (Wildman–Crippen MR) is 97.7 cm³/mol. The van der Waals surface area contributed by atoms with Gasteiger partial charge in [0.25, 0.3) is 0 Å². The molecular weight excluding hydrogens is 314 g/mol. The highest BCUT2D eigenvalue weighted by Crippen LogP contribution is 2.17. The highest BCUT2D eigenvalue weighted by Gasteiger charge is 2.23. The molecule has 1 aliphatic rings. The van der Waals surface area contributed by atoms with Gasteiger partial charge in [-0.25, -0.2) is 15.0 Å². The van der Waals surface area contributed by atoms with Crippen LogP contribution in [0.5, 0.6) is 5.88 Å². The topological polar surface area (TPSA) is 54.4 Å². The molecule has 3 heterocycles. The first-order valence-electron chi connectivity index (χ1n) is 8.58. The lowest BCUT2D eigenvalue weighted by Crippen LogP contribution is -2.51. The molecule has 0 radical (unpaired) electrons. The fourth-order valence-electron chi connectivity index (χ4n) is 3.10. The summed E-state index contributed by atoms with van der Waals surface area (Å²) in [5.41, 5.74) is 1.73. The smallest absolute Gasteiger partial charge is 0.234 e. The minimum absolute atomic E-state index is 0.0404. The van der Waals surface area contributed by atoms with Gasteiger partial charge in [-0.1, -0.05) is 18.2 Å². The van der Waals surface area contributed by atoms with E-state index >= 15 is 0 Å². The van der Waals surface area contributed by atoms with Crippen LogP contribution in [0.2, 0.25) is 0 Å². The first kappa shape index (κ1) is 15.8. The zero-order chi connectivity index (χ0) is 17.1. The van der Waals surface area contributed by atoms with Gasteiger partial charge in [0.05, 0.1) is 17.2 Å². The Labute approximate surface area is 147 Å². The molecule has 1 aromatic carbocycles. The van der Waals surface area contributed by atoms with Crippen molar-refractivity contribution in [2.75, 3.05) is 31.1 Å². The average Bonchev–Trinajstić information content (AvgIpc) is 2.69. The van der Waals surface area contributed by atoms with E-state index < -0.39 is 0 Å². The summed E-state index contributed by atoms with van der Waals surface area (Å²) in [5, 5.41) is 0. The largest absolute Gasteiger partial charge is 0.458 e. The normalized spacial score (nSPS) is 16.8. The Morgan fingerprint density at radius 1 is 0.920 bits per heavy atom. The van der Waals surface area contributed by atoms with Crippen LogP contribution in [-0.2, 0) is 0 Å². The molecule has 0 aliphatic carbocycles. The van der Waals surface area contributed by atoms with Gasteiger partial charge in [-0.15, -0.1) is 0 Å². The molecule has 0 saturated carbocycles. The molecule has 0 N–H and O–H groups in total. The quantitative estimate of drug-likeness (QED) is 0.730. The summed E-state index contributed by atoms with van der Waals surface area (Å²) < 4.78 is 6.02. The summed E-state index contributed by atoms with van der Waals surface area (Å²) in [5.74, 6) is 1.61. The standard InChI is InChI=1S/C19H21N5O/c1-15(25-19-14-21-16-6-2-3-7-17(16)22-19)23-10-12-24(13-11-23)18-8-4-5-9-20-18/h2-9,14-15H,10-13H2,1H3. The number of anilines is 1. The number of nitrogens with zero attached hydrogens (tertiary/aromatic N) is 5. The molecule has 25 heavy (non-hydrogen) atoms. The molecular formula is C19H21N5O. The lowest BCUT2D eigenvalue weighted by atomic mass is 10.3. The SMILES string of the molecule is CC(Oc1cnc2ccccc2n1)N1CCN(c2ccccn2)CC1. The number of para-hydroxylation sites is 2. The first-order chi connectivity index (χ1) is 12.3. The van der Waals surface area contributed by atoms with Gasteiger partial charge in [-0.3, -0.25) is 4.90 Å². The minimum Gasteiger partial charge on any atom is -0.458 e. The Kier molecular flexibility index (Phi) is 4.43. The van der Waals surface area contributed by atoms with Crippen molar-refractivity contribution in [2.45, 2.75) is 13.2 Å². The number of hydrogen-bond donors (Lipinski definition) is 0. The summed E-state index contributed by atoms with van der Waals surface area (Å²) in [6, 6.07) is 13.8. The second-order valence-corrected chi connectivity index (χ2v) is 6.13. The van der Waals surface area contributed by atoms with Crippen molar-refractivity contribution in [1.29, 1.82) is 0 Å². The van der Waals surface area contributed by atoms with E-state index in [9.17, 15) is 0 Å². The van der Waals surface area contributed by atoms with Crippen LogP contribution in [0.1, 0.15) is 6.92 Å². The van der Waals surface area contributed by atoms with Crippen LogP contribution in [-0.4, -0.2) is 52.3 Å². The molecule has 128 valence electrons. The lowest BCUT2D eigenvalue weighted by molar-refractivity contribution is 0.0321. The third-order valence-corrected chi connectivity index (χ3v) is 4.52. The fraction of sp³-hybridized carbons (Fsp3) is 0.316. The van der Waals surface area contributed by atoms with E-state index in [2.05, 4.69) is 37.7 Å². The Morgan fingerprint density at radius 2 is 1.68 bits per heavy atom.